The number of fused-ring (bicyclic) bond motifs is 1. The first-order valence-electron chi connectivity index (χ1n) is 5.81. The Labute approximate surface area is 102 Å². The maximum atomic E-state index is 11.8. The summed E-state index contributed by atoms with van der Waals surface area (Å²) in [6.45, 7) is 0. The third-order valence-electron chi connectivity index (χ3n) is 3.67. The maximum Gasteiger partial charge on any atom is 0.279 e. The van der Waals surface area contributed by atoms with Crippen LogP contribution in [0.15, 0.2) is 0 Å². The monoisotopic (exact) mass is 261 g/mol. The van der Waals surface area contributed by atoms with Gasteiger partial charge in [-0.2, -0.15) is 12.7 Å². The highest BCUT2D eigenvalue weighted by atomic mass is 32.2. The largest absolute Gasteiger partial charge is 0.349 e. The molecule has 0 spiro atoms. The third-order valence-corrected chi connectivity index (χ3v) is 5.28. The summed E-state index contributed by atoms with van der Waals surface area (Å²) >= 11 is 0. The summed E-state index contributed by atoms with van der Waals surface area (Å²) in [5, 5.41) is 0. The van der Waals surface area contributed by atoms with Crippen molar-refractivity contribution in [2.45, 2.75) is 31.3 Å². The molecule has 1 amide bonds. The van der Waals surface area contributed by atoms with E-state index in [1.54, 1.807) is 19.0 Å². The zero-order chi connectivity index (χ0) is 12.8. The number of nitrogens with one attached hydrogen (secondary N) is 1. The van der Waals surface area contributed by atoms with Crippen molar-refractivity contribution >= 4 is 16.1 Å². The van der Waals surface area contributed by atoms with Gasteiger partial charge in [-0.3, -0.25) is 4.79 Å². The van der Waals surface area contributed by atoms with E-state index in [9.17, 15) is 13.2 Å². The molecule has 0 bridgehead atoms. The van der Waals surface area contributed by atoms with Gasteiger partial charge < -0.3 is 4.90 Å². The van der Waals surface area contributed by atoms with Gasteiger partial charge in [0.2, 0.25) is 5.91 Å². The van der Waals surface area contributed by atoms with Gasteiger partial charge in [-0.05, 0) is 19.3 Å². The topological polar surface area (TPSA) is 69.5 Å². The van der Waals surface area contributed by atoms with E-state index < -0.39 is 10.2 Å². The van der Waals surface area contributed by atoms with Crippen LogP contribution >= 0.6 is 0 Å². The first-order valence-corrected chi connectivity index (χ1v) is 7.25. The molecule has 2 fully saturated rings. The molecule has 17 heavy (non-hydrogen) atoms. The predicted octanol–water partition coefficient (Wildman–Crippen LogP) is -0.608. The van der Waals surface area contributed by atoms with E-state index in [0.717, 1.165) is 12.8 Å². The van der Waals surface area contributed by atoms with E-state index in [4.69, 9.17) is 0 Å². The Balaban J connectivity index is 2.02. The van der Waals surface area contributed by atoms with Crippen LogP contribution in [-0.2, 0) is 15.0 Å². The fraction of sp³-hybridized carbons (Fsp3) is 0.900. The lowest BCUT2D eigenvalue weighted by Crippen LogP contribution is -2.32. The Hall–Kier alpha value is -0.660. The minimum absolute atomic E-state index is 0.0232. The summed E-state index contributed by atoms with van der Waals surface area (Å²) < 4.78 is 27.1. The zero-order valence-electron chi connectivity index (χ0n) is 10.4. The Morgan fingerprint density at radius 2 is 1.94 bits per heavy atom. The van der Waals surface area contributed by atoms with Crippen molar-refractivity contribution in [3.05, 3.63) is 0 Å². The first kappa shape index (κ1) is 12.8. The lowest BCUT2D eigenvalue weighted by Gasteiger charge is -2.22. The molecule has 6 nitrogen and oxygen atoms in total. The molecule has 1 aliphatic heterocycles. The molecule has 0 radical (unpaired) electrons. The molecule has 7 heteroatoms. The summed E-state index contributed by atoms with van der Waals surface area (Å²) in [4.78, 5) is 13.4. The number of carbonyl (C=O) groups excluding carboxylic acids is 1. The molecule has 1 N–H and O–H groups in total. The Morgan fingerprint density at radius 1 is 1.29 bits per heavy atom. The molecule has 2 rings (SSSR count). The van der Waals surface area contributed by atoms with Crippen molar-refractivity contribution < 1.29 is 13.2 Å². The van der Waals surface area contributed by atoms with Crippen molar-refractivity contribution in [1.29, 1.82) is 0 Å². The van der Waals surface area contributed by atoms with E-state index >= 15 is 0 Å². The Morgan fingerprint density at radius 3 is 2.47 bits per heavy atom. The van der Waals surface area contributed by atoms with Crippen molar-refractivity contribution in [3.63, 3.8) is 0 Å². The van der Waals surface area contributed by atoms with Crippen molar-refractivity contribution in [2.24, 2.45) is 5.92 Å². The molecule has 3 unspecified atom stereocenters. The van der Waals surface area contributed by atoms with Crippen molar-refractivity contribution in [2.75, 3.05) is 21.1 Å². The molecule has 1 saturated carbocycles. The summed E-state index contributed by atoms with van der Waals surface area (Å²) in [6, 6.07) is 0.133. The van der Waals surface area contributed by atoms with E-state index in [1.165, 1.54) is 11.4 Å². The van der Waals surface area contributed by atoms with E-state index in [0.29, 0.717) is 6.42 Å². The highest BCUT2D eigenvalue weighted by molar-refractivity contribution is 7.87. The second kappa shape index (κ2) is 4.22. The van der Waals surface area contributed by atoms with Crippen LogP contribution in [0, 0.1) is 5.92 Å². The molecule has 0 aromatic rings. The van der Waals surface area contributed by atoms with Crippen LogP contribution in [0.5, 0.6) is 0 Å². The summed E-state index contributed by atoms with van der Waals surface area (Å²) in [6.07, 6.45) is 2.23. The standard InChI is InChI=1S/C10H19N3O3S/c1-11-17(15,16)13-8-5-4-7(6-9(8)13)10(14)12(2)3/h7-9,11H,4-6H2,1-3H3/t7-,8?,9?,13?/m0/s1. The number of hydrogen-bond acceptors (Lipinski definition) is 3. The fourth-order valence-electron chi connectivity index (χ4n) is 2.72. The smallest absolute Gasteiger partial charge is 0.279 e. The van der Waals surface area contributed by atoms with Gasteiger partial charge in [0.15, 0.2) is 0 Å². The lowest BCUT2D eigenvalue weighted by atomic mass is 9.88. The quantitative estimate of drug-likeness (QED) is 0.689. The molecular formula is C10H19N3O3S. The molecule has 4 atom stereocenters. The van der Waals surface area contributed by atoms with Crippen molar-refractivity contribution in [1.82, 2.24) is 13.9 Å². The third kappa shape index (κ3) is 2.19. The molecule has 0 aromatic carbocycles. The molecule has 2 aliphatic rings. The van der Waals surface area contributed by atoms with Gasteiger partial charge in [-0.1, -0.05) is 0 Å². The fourth-order valence-corrected chi connectivity index (χ4v) is 4.06. The van der Waals surface area contributed by atoms with Gasteiger partial charge >= 0.3 is 0 Å². The average Bonchev–Trinajstić information content (AvgIpc) is 3.01. The van der Waals surface area contributed by atoms with Gasteiger partial charge in [0, 0.05) is 39.1 Å². The molecule has 1 saturated heterocycles. The summed E-state index contributed by atoms with van der Waals surface area (Å²) in [5.74, 6) is 0.0838. The molecule has 98 valence electrons. The van der Waals surface area contributed by atoms with Crippen LogP contribution in [-0.4, -0.2) is 56.8 Å². The minimum Gasteiger partial charge on any atom is -0.349 e. The van der Waals surface area contributed by atoms with Gasteiger partial charge in [0.05, 0.1) is 0 Å². The number of rotatable bonds is 3. The lowest BCUT2D eigenvalue weighted by molar-refractivity contribution is -0.133. The summed E-state index contributed by atoms with van der Waals surface area (Å²) in [5.41, 5.74) is 0. The van der Waals surface area contributed by atoms with Crippen LogP contribution in [0.4, 0.5) is 0 Å². The van der Waals surface area contributed by atoms with Crippen LogP contribution in [0.1, 0.15) is 19.3 Å². The average molecular weight is 261 g/mol. The minimum atomic E-state index is -3.32. The van der Waals surface area contributed by atoms with Crippen LogP contribution < -0.4 is 4.72 Å². The predicted molar refractivity (Wildman–Crippen MR) is 63.4 cm³/mol. The molecule has 0 aromatic heterocycles. The summed E-state index contributed by atoms with van der Waals surface area (Å²) in [7, 11) is 1.58. The first-order chi connectivity index (χ1) is 7.88. The molecular weight excluding hydrogens is 242 g/mol. The maximum absolute atomic E-state index is 11.8. The molecule has 1 aliphatic carbocycles. The van der Waals surface area contributed by atoms with Gasteiger partial charge in [-0.25, -0.2) is 4.72 Å². The number of nitrogens with zero attached hydrogens (tertiary/aromatic N) is 2. The van der Waals surface area contributed by atoms with Crippen LogP contribution in [0.2, 0.25) is 0 Å². The van der Waals surface area contributed by atoms with Gasteiger partial charge in [-0.15, -0.1) is 0 Å². The normalized spacial score (nSPS) is 36.2. The van der Waals surface area contributed by atoms with Gasteiger partial charge in [0.1, 0.15) is 0 Å². The van der Waals surface area contributed by atoms with E-state index in [1.807, 2.05) is 0 Å². The highest BCUT2D eigenvalue weighted by Gasteiger charge is 2.57. The van der Waals surface area contributed by atoms with E-state index in [2.05, 4.69) is 4.72 Å². The molecule has 1 heterocycles. The SMILES string of the molecule is CNS(=O)(=O)N1C2CC[C@H](C(=O)N(C)C)CC21. The van der Waals surface area contributed by atoms with Crippen LogP contribution in [0.25, 0.3) is 0 Å². The van der Waals surface area contributed by atoms with Gasteiger partial charge in [0.25, 0.3) is 10.2 Å². The highest BCUT2D eigenvalue weighted by Crippen LogP contribution is 2.44. The zero-order valence-corrected chi connectivity index (χ0v) is 11.2. The number of carbonyl (C=O) groups is 1. The Bertz CT molecular complexity index is 421. The number of hydrogen-bond donors (Lipinski definition) is 1. The second-order valence-electron chi connectivity index (χ2n) is 4.92. The number of amides is 1. The van der Waals surface area contributed by atoms with E-state index in [-0.39, 0.29) is 23.9 Å². The Kier molecular flexibility index (Phi) is 3.17. The van der Waals surface area contributed by atoms with Crippen molar-refractivity contribution in [3.8, 4) is 0 Å². The second-order valence-corrected chi connectivity index (χ2v) is 6.70. The van der Waals surface area contributed by atoms with Crippen LogP contribution in [0.3, 0.4) is 0 Å².